The van der Waals surface area contributed by atoms with Gasteiger partial charge in [-0.05, 0) is 18.6 Å². The summed E-state index contributed by atoms with van der Waals surface area (Å²) in [6, 6.07) is 8.97. The lowest BCUT2D eigenvalue weighted by atomic mass is 10.2. The second-order valence-corrected chi connectivity index (χ2v) is 5.95. The van der Waals surface area contributed by atoms with Crippen molar-refractivity contribution in [3.05, 3.63) is 48.4 Å². The van der Waals surface area contributed by atoms with Crippen molar-refractivity contribution >= 4 is 28.4 Å². The first-order valence-corrected chi connectivity index (χ1v) is 7.80. The average molecular weight is 323 g/mol. The van der Waals surface area contributed by atoms with Crippen molar-refractivity contribution < 1.29 is 9.59 Å². The highest BCUT2D eigenvalue weighted by Crippen LogP contribution is 2.21. The summed E-state index contributed by atoms with van der Waals surface area (Å²) < 4.78 is 1.65. The number of H-pyrrole nitrogens is 1. The number of para-hydroxylation sites is 1. The van der Waals surface area contributed by atoms with Crippen LogP contribution in [0.15, 0.2) is 42.7 Å². The maximum Gasteiger partial charge on any atom is 0.268 e. The highest BCUT2D eigenvalue weighted by molar-refractivity contribution is 6.04. The zero-order chi connectivity index (χ0) is 16.7. The number of anilines is 1. The number of carbonyl (C=O) groups is 2. The Bertz CT molecular complexity index is 893. The molecule has 1 aliphatic heterocycles. The smallest absolute Gasteiger partial charge is 0.268 e. The van der Waals surface area contributed by atoms with Gasteiger partial charge in [-0.1, -0.05) is 18.2 Å². The summed E-state index contributed by atoms with van der Waals surface area (Å²) in [5.41, 5.74) is 2.12. The predicted octanol–water partition coefficient (Wildman–Crippen LogP) is 1.44. The van der Waals surface area contributed by atoms with E-state index in [-0.39, 0.29) is 11.8 Å². The maximum absolute atomic E-state index is 12.5. The molecule has 2 amide bonds. The van der Waals surface area contributed by atoms with Gasteiger partial charge < -0.3 is 15.2 Å². The van der Waals surface area contributed by atoms with Gasteiger partial charge in [0.1, 0.15) is 11.7 Å². The normalized spacial score (nSPS) is 17.6. The number of fused-ring (bicyclic) bond motifs is 1. The number of aromatic amines is 1. The van der Waals surface area contributed by atoms with E-state index in [0.717, 1.165) is 16.6 Å². The van der Waals surface area contributed by atoms with Crippen LogP contribution < -0.4 is 10.2 Å². The largest absolute Gasteiger partial charge is 0.351 e. The van der Waals surface area contributed by atoms with Gasteiger partial charge in [0.2, 0.25) is 5.91 Å². The number of carbonyl (C=O) groups excluding carboxylic acids is 2. The van der Waals surface area contributed by atoms with Gasteiger partial charge in [-0.15, -0.1) is 0 Å². The van der Waals surface area contributed by atoms with E-state index in [1.807, 2.05) is 24.3 Å². The molecule has 1 atom stereocenters. The van der Waals surface area contributed by atoms with Crippen LogP contribution in [0.3, 0.4) is 0 Å². The Hall–Kier alpha value is -3.09. The number of benzene rings is 1. The molecule has 24 heavy (non-hydrogen) atoms. The summed E-state index contributed by atoms with van der Waals surface area (Å²) in [7, 11) is 1.80. The highest BCUT2D eigenvalue weighted by Gasteiger charge is 2.34. The third-order valence-electron chi connectivity index (χ3n) is 4.29. The minimum absolute atomic E-state index is 0.104. The lowest BCUT2D eigenvalue weighted by Gasteiger charge is -2.14. The Labute approximate surface area is 138 Å². The van der Waals surface area contributed by atoms with Crippen molar-refractivity contribution in [2.45, 2.75) is 12.5 Å². The number of aryl methyl sites for hydroxylation is 1. The quantitative estimate of drug-likeness (QED) is 0.765. The molecule has 1 saturated heterocycles. The first-order chi connectivity index (χ1) is 11.6. The number of hydrogen-bond donors (Lipinski definition) is 2. The van der Waals surface area contributed by atoms with Crippen molar-refractivity contribution in [3.8, 4) is 0 Å². The number of rotatable bonds is 3. The molecule has 3 aromatic rings. The zero-order valence-corrected chi connectivity index (χ0v) is 13.2. The SMILES string of the molecule is Cn1cc(N2CC[C@H](NC(=O)c3cc4ccccc4[nH]3)C2=O)cn1. The van der Waals surface area contributed by atoms with Gasteiger partial charge in [0.15, 0.2) is 0 Å². The molecule has 1 aromatic carbocycles. The molecule has 7 heteroatoms. The van der Waals surface area contributed by atoms with Gasteiger partial charge in [0.25, 0.3) is 5.91 Å². The van der Waals surface area contributed by atoms with E-state index < -0.39 is 6.04 Å². The molecule has 0 radical (unpaired) electrons. The summed E-state index contributed by atoms with van der Waals surface area (Å²) in [6.45, 7) is 0.572. The molecule has 0 aliphatic carbocycles. The summed E-state index contributed by atoms with van der Waals surface area (Å²) >= 11 is 0. The molecule has 2 aromatic heterocycles. The standard InChI is InChI=1S/C17H17N5O2/c1-21-10-12(9-18-21)22-7-6-14(17(22)24)20-16(23)15-8-11-4-2-3-5-13(11)19-15/h2-5,8-10,14,19H,6-7H2,1H3,(H,20,23)/t14-/m0/s1. The molecular weight excluding hydrogens is 306 g/mol. The summed E-state index contributed by atoms with van der Waals surface area (Å²) in [5, 5.41) is 7.88. The summed E-state index contributed by atoms with van der Waals surface area (Å²) in [5.74, 6) is -0.370. The van der Waals surface area contributed by atoms with E-state index in [9.17, 15) is 9.59 Å². The van der Waals surface area contributed by atoms with Crippen LogP contribution >= 0.6 is 0 Å². The Morgan fingerprint density at radius 2 is 2.21 bits per heavy atom. The number of amides is 2. The molecule has 0 spiro atoms. The van der Waals surface area contributed by atoms with Crippen LogP contribution in [0.1, 0.15) is 16.9 Å². The summed E-state index contributed by atoms with van der Waals surface area (Å²) in [4.78, 5) is 29.7. The van der Waals surface area contributed by atoms with Crippen molar-refractivity contribution in [1.82, 2.24) is 20.1 Å². The Morgan fingerprint density at radius 3 is 2.96 bits per heavy atom. The van der Waals surface area contributed by atoms with Crippen LogP contribution in [-0.4, -0.2) is 39.2 Å². The minimum Gasteiger partial charge on any atom is -0.351 e. The molecule has 3 heterocycles. The zero-order valence-electron chi connectivity index (χ0n) is 13.2. The fourth-order valence-electron chi connectivity index (χ4n) is 3.05. The first-order valence-electron chi connectivity index (χ1n) is 7.80. The van der Waals surface area contributed by atoms with E-state index in [2.05, 4.69) is 15.4 Å². The van der Waals surface area contributed by atoms with Gasteiger partial charge >= 0.3 is 0 Å². The second-order valence-electron chi connectivity index (χ2n) is 5.95. The van der Waals surface area contributed by atoms with Crippen LogP contribution in [0.5, 0.6) is 0 Å². The molecule has 1 aliphatic rings. The monoisotopic (exact) mass is 323 g/mol. The van der Waals surface area contributed by atoms with Gasteiger partial charge in [0, 0.05) is 30.7 Å². The number of nitrogens with zero attached hydrogens (tertiary/aromatic N) is 3. The third-order valence-corrected chi connectivity index (χ3v) is 4.29. The van der Waals surface area contributed by atoms with Crippen LogP contribution in [0.4, 0.5) is 5.69 Å². The molecule has 7 nitrogen and oxygen atoms in total. The van der Waals surface area contributed by atoms with Crippen LogP contribution in [0, 0.1) is 0 Å². The van der Waals surface area contributed by atoms with E-state index in [0.29, 0.717) is 18.7 Å². The van der Waals surface area contributed by atoms with E-state index in [1.54, 1.807) is 35.1 Å². The topological polar surface area (TPSA) is 83.0 Å². The van der Waals surface area contributed by atoms with Gasteiger partial charge in [-0.25, -0.2) is 0 Å². The van der Waals surface area contributed by atoms with E-state index >= 15 is 0 Å². The number of nitrogens with one attached hydrogen (secondary N) is 2. The average Bonchev–Trinajstić information content (AvgIpc) is 3.27. The van der Waals surface area contributed by atoms with E-state index in [1.165, 1.54) is 0 Å². The van der Waals surface area contributed by atoms with Crippen LogP contribution in [-0.2, 0) is 11.8 Å². The predicted molar refractivity (Wildman–Crippen MR) is 89.7 cm³/mol. The van der Waals surface area contributed by atoms with E-state index in [4.69, 9.17) is 0 Å². The molecule has 1 fully saturated rings. The molecule has 122 valence electrons. The Morgan fingerprint density at radius 1 is 1.38 bits per heavy atom. The Balaban J connectivity index is 1.49. The first kappa shape index (κ1) is 14.5. The lowest BCUT2D eigenvalue weighted by molar-refractivity contribution is -0.118. The van der Waals surface area contributed by atoms with Crippen LogP contribution in [0.25, 0.3) is 10.9 Å². The second kappa shape index (κ2) is 5.52. The summed E-state index contributed by atoms with van der Waals surface area (Å²) in [6.07, 6.45) is 4.03. The van der Waals surface area contributed by atoms with Crippen LogP contribution in [0.2, 0.25) is 0 Å². The third kappa shape index (κ3) is 2.44. The molecule has 0 unspecified atom stereocenters. The van der Waals surface area contributed by atoms with Crippen molar-refractivity contribution in [1.29, 1.82) is 0 Å². The Kier molecular flexibility index (Phi) is 3.34. The van der Waals surface area contributed by atoms with Crippen molar-refractivity contribution in [3.63, 3.8) is 0 Å². The minimum atomic E-state index is -0.510. The highest BCUT2D eigenvalue weighted by atomic mass is 16.2. The number of aromatic nitrogens is 3. The molecule has 2 N–H and O–H groups in total. The van der Waals surface area contributed by atoms with Crippen molar-refractivity contribution in [2.24, 2.45) is 7.05 Å². The maximum atomic E-state index is 12.5. The molecule has 0 bridgehead atoms. The lowest BCUT2D eigenvalue weighted by Crippen LogP contribution is -2.41. The van der Waals surface area contributed by atoms with Gasteiger partial charge in [-0.3, -0.25) is 14.3 Å². The fraction of sp³-hybridized carbons (Fsp3) is 0.235. The van der Waals surface area contributed by atoms with Gasteiger partial charge in [0.05, 0.1) is 11.9 Å². The molecular formula is C17H17N5O2. The number of hydrogen-bond acceptors (Lipinski definition) is 3. The molecule has 0 saturated carbocycles. The fourth-order valence-corrected chi connectivity index (χ4v) is 3.05. The van der Waals surface area contributed by atoms with Crippen molar-refractivity contribution in [2.75, 3.05) is 11.4 Å². The molecule has 4 rings (SSSR count). The van der Waals surface area contributed by atoms with Gasteiger partial charge in [-0.2, -0.15) is 5.10 Å².